The third-order valence-corrected chi connectivity index (χ3v) is 6.07. The van der Waals surface area contributed by atoms with Crippen molar-refractivity contribution in [1.29, 1.82) is 2.86 Å². The highest BCUT2D eigenvalue weighted by molar-refractivity contribution is 7.99. The highest BCUT2D eigenvalue weighted by Gasteiger charge is 2.44. The van der Waals surface area contributed by atoms with Crippen LogP contribution in [0.15, 0.2) is 78.6 Å². The van der Waals surface area contributed by atoms with Crippen LogP contribution in [0, 0.1) is 5.41 Å². The van der Waals surface area contributed by atoms with Gasteiger partial charge in [0.05, 0.1) is 43.7 Å². The van der Waals surface area contributed by atoms with Crippen molar-refractivity contribution in [2.45, 2.75) is 56.4 Å². The van der Waals surface area contributed by atoms with E-state index in [4.69, 9.17) is 50.1 Å². The van der Waals surface area contributed by atoms with E-state index in [0.29, 0.717) is 0 Å². The Morgan fingerprint density at radius 2 is 2.07 bits per heavy atom. The van der Waals surface area contributed by atoms with Gasteiger partial charge in [-0.1, -0.05) is 78.1 Å². The Morgan fingerprint density at radius 1 is 1.22 bits per heavy atom. The Kier molecular flexibility index (Phi) is 2.64. The number of rotatable bonds is 13. The van der Waals surface area contributed by atoms with Crippen molar-refractivity contribution in [2.75, 3.05) is 5.70 Å². The Labute approximate surface area is 300 Å². The predicted octanol–water partition coefficient (Wildman–Crippen LogP) is 8.95. The normalized spacial score (nSPS) is 32.5. The van der Waals surface area contributed by atoms with E-state index in [1.807, 2.05) is 0 Å². The molecule has 6 heteroatoms. The zero-order valence-electron chi connectivity index (χ0n) is 55.0. The van der Waals surface area contributed by atoms with Crippen molar-refractivity contribution in [3.05, 3.63) is 112 Å². The standard InChI is InChI=1S/C35H36ClNO3S/c1-34(2,40)30-9-4-3-7-25(30)13-17-32(41-23-35(18-19-35)22-33(38)39)27-8-5-6-24(20-27)10-15-29-16-12-26-11-14-28(36)21-31(26)37-29/h3-12,14-16,20-21,32,40H,13,17-19,22-23H2,1-2H3,(H,38,39)/b15-10+/t32-/m1/s1/i1D3,2D3,3D,4D,5D,6D,7D,8D,9D,10D,11D,12D,13D2,14D,15D,16D,17D2,18D2,19D2,20D,21D,22D2,23D2,40D/hD. The van der Waals surface area contributed by atoms with Crippen LogP contribution in [0.25, 0.3) is 24.4 Å². The summed E-state index contributed by atoms with van der Waals surface area (Å²) >= 11 is 5.02. The lowest BCUT2D eigenvalue weighted by Crippen LogP contribution is -2.18. The van der Waals surface area contributed by atoms with E-state index in [1.54, 1.807) is 0 Å². The van der Waals surface area contributed by atoms with Crippen molar-refractivity contribution in [2.24, 2.45) is 5.41 Å². The van der Waals surface area contributed by atoms with Crippen molar-refractivity contribution >= 4 is 52.3 Å². The molecular formula is C35H36ClNO3S. The number of aromatic nitrogens is 1. The third-order valence-electron chi connectivity index (χ3n) is 4.87. The van der Waals surface area contributed by atoms with Gasteiger partial charge in [0.2, 0.25) is 1.43 Å². The van der Waals surface area contributed by atoms with Crippen LogP contribution in [0.2, 0.25) is 5.02 Å². The van der Waals surface area contributed by atoms with Crippen LogP contribution < -0.4 is 0 Å². The van der Waals surface area contributed by atoms with Gasteiger partial charge >= 0.3 is 5.97 Å². The lowest BCUT2D eigenvalue weighted by molar-refractivity contribution is -0.138. The molecule has 0 aliphatic heterocycles. The van der Waals surface area contributed by atoms with Gasteiger partial charge in [-0.3, -0.25) is 4.79 Å². The van der Waals surface area contributed by atoms with Crippen LogP contribution in [0.4, 0.5) is 0 Å². The van der Waals surface area contributed by atoms with Crippen LogP contribution in [0.1, 0.15) is 118 Å². The number of hydrogen-bond donors (Lipinski definition) is 2. The average molecular weight is 621 g/mol. The number of pyridine rings is 1. The van der Waals surface area contributed by atoms with Crippen LogP contribution in [-0.4, -0.2) is 28.3 Å². The molecule has 0 spiro atoms. The molecule has 0 radical (unpaired) electrons. The van der Waals surface area contributed by atoms with E-state index in [9.17, 15) is 14.4 Å². The number of carbonyl (C=O) groups is 1. The molecule has 0 saturated heterocycles. The molecule has 1 aliphatic rings. The Bertz CT molecular complexity index is 3120. The molecule has 1 heterocycles. The molecule has 3 aromatic carbocycles. The molecule has 0 amide bonds. The predicted molar refractivity (Wildman–Crippen MR) is 171 cm³/mol. The number of thioether (sulfide) groups is 1. The SMILES string of the molecule is [2H]OC(=O)C([2H])([2H])C1(C([2H])([2H])S[C@@H](c2c([2H])c([2H])c([2H])c(/C([2H])=C(\[2H])c3nc4c([2H])c(Cl)c([2H])c([2H])c4c([2H])c3[2H])c2[2H])C([2H])([2H])C([2H])([2H])c2c([2H])c([2H])c([2H])c([2H])c2C(O[2H])(C([2H])([2H])[2H])C([2H])([2H])[2H])C([2H])([2H])C1([2H])[2H]. The second-order valence-corrected chi connectivity index (χ2v) is 9.16. The third kappa shape index (κ3) is 7.79. The topological polar surface area (TPSA) is 70.4 Å². The van der Waals surface area contributed by atoms with E-state index < -0.39 is 220 Å². The fourth-order valence-corrected chi connectivity index (χ4v) is 3.95. The number of fused-ring (bicyclic) bond motifs is 1. The molecule has 212 valence electrons. The van der Waals surface area contributed by atoms with E-state index in [-0.39, 0.29) is 0 Å². The second-order valence-electron chi connectivity index (χ2n) is 7.87. The maximum atomic E-state index is 12.9. The Hall–Kier alpha value is -3.12. The van der Waals surface area contributed by atoms with E-state index in [2.05, 4.69) is 15.2 Å². The summed E-state index contributed by atoms with van der Waals surface area (Å²) in [5, 5.41) is 3.15. The summed E-state index contributed by atoms with van der Waals surface area (Å²) in [5.74, 6) is -2.49. The first-order chi connectivity index (χ1) is 34.1. The molecule has 2 N–H and O–H groups in total. The van der Waals surface area contributed by atoms with Crippen molar-refractivity contribution < 1.29 is 60.2 Å². The summed E-state index contributed by atoms with van der Waals surface area (Å²) in [6.45, 7) is -8.63. The molecule has 4 aromatic rings. The molecule has 1 atom stereocenters. The number of benzene rings is 3. The lowest BCUT2D eigenvalue weighted by Gasteiger charge is -2.24. The minimum atomic E-state index is -4.66. The van der Waals surface area contributed by atoms with Crippen LogP contribution >= 0.6 is 23.4 Å². The summed E-state index contributed by atoms with van der Waals surface area (Å²) in [6, 6.07) is -20.5. The van der Waals surface area contributed by atoms with E-state index in [1.165, 1.54) is 0 Å². The van der Waals surface area contributed by atoms with Crippen molar-refractivity contribution in [3.63, 3.8) is 0 Å². The van der Waals surface area contributed by atoms with Gasteiger partial charge in [0, 0.05) is 46.0 Å². The van der Waals surface area contributed by atoms with Gasteiger partial charge in [-0.2, -0.15) is 11.8 Å². The van der Waals surface area contributed by atoms with E-state index >= 15 is 0 Å². The number of halogens is 1. The first kappa shape index (κ1) is 8.72. The smallest absolute Gasteiger partial charge is 0.303 e. The van der Waals surface area contributed by atoms with Crippen molar-refractivity contribution in [3.8, 4) is 0 Å². The van der Waals surface area contributed by atoms with Gasteiger partial charge in [0.15, 0.2) is 0 Å². The molecule has 1 aromatic heterocycles. The van der Waals surface area contributed by atoms with Gasteiger partial charge in [-0.05, 0) is 91.0 Å². The number of carboxylic acid groups (broad SMARTS) is 1. The number of nitrogens with zero attached hydrogens (tertiary/aromatic N) is 1. The number of aliphatic hydroxyl groups is 1. The molecular weight excluding hydrogens is 550 g/mol. The first-order valence-electron chi connectivity index (χ1n) is 28.3. The maximum Gasteiger partial charge on any atom is 0.303 e. The number of carboxylic acids is 1. The zero-order chi connectivity index (χ0) is 59.3. The highest BCUT2D eigenvalue weighted by atomic mass is 35.5. The second kappa shape index (κ2) is 12.4. The lowest BCUT2D eigenvalue weighted by atomic mass is 9.90. The average Bonchev–Trinajstić information content (AvgIpc) is 3.70. The van der Waals surface area contributed by atoms with Gasteiger partial charge < -0.3 is 10.2 Å². The summed E-state index contributed by atoms with van der Waals surface area (Å²) in [5.41, 5.74) is -21.9. The zero-order valence-corrected chi connectivity index (χ0v) is 21.6. The van der Waals surface area contributed by atoms with Gasteiger partial charge in [-0.25, -0.2) is 4.98 Å². The Balaban J connectivity index is 2.06. The molecule has 0 unspecified atom stereocenters. The quantitative estimate of drug-likeness (QED) is 0.156. The van der Waals surface area contributed by atoms with E-state index in [0.717, 1.165) is 0 Å². The van der Waals surface area contributed by atoms with Gasteiger partial charge in [0.25, 0.3) is 1.43 Å². The minimum Gasteiger partial charge on any atom is -0.481 e. The highest BCUT2D eigenvalue weighted by Crippen LogP contribution is 2.53. The first-order valence-corrected chi connectivity index (χ1v) is 12.3. The molecule has 5 rings (SSSR count). The molecule has 41 heavy (non-hydrogen) atoms. The fourth-order valence-electron chi connectivity index (χ4n) is 3.01. The monoisotopic (exact) mass is 620 g/mol. The van der Waals surface area contributed by atoms with Crippen LogP contribution in [0.3, 0.4) is 0 Å². The number of aliphatic carboxylic acids is 1. The number of hydrogen-bond acceptors (Lipinski definition) is 5. The largest absolute Gasteiger partial charge is 0.481 e. The molecule has 1 fully saturated rings. The summed E-state index contributed by atoms with van der Waals surface area (Å²) in [7, 11) is 0. The molecule has 4 nitrogen and oxygen atoms in total. The van der Waals surface area contributed by atoms with Crippen LogP contribution in [0.5, 0.6) is 0 Å². The fraction of sp³-hybridized carbons (Fsp3) is 0.314. The van der Waals surface area contributed by atoms with Gasteiger partial charge in [-0.15, -0.1) is 0 Å². The summed E-state index contributed by atoms with van der Waals surface area (Å²) in [6.07, 6.45) is -21.6. The summed E-state index contributed by atoms with van der Waals surface area (Å²) < 4.78 is 302. The maximum absolute atomic E-state index is 12.9. The van der Waals surface area contributed by atoms with Crippen molar-refractivity contribution in [1.82, 2.24) is 4.98 Å². The minimum absolute atomic E-state index is 0.618. The molecule has 1 saturated carbocycles. The molecule has 1 aliphatic carbocycles. The Morgan fingerprint density at radius 3 is 2.88 bits per heavy atom. The molecule has 0 bridgehead atoms. The van der Waals surface area contributed by atoms with Gasteiger partial charge in [0.1, 0.15) is 0 Å². The van der Waals surface area contributed by atoms with Crippen LogP contribution in [-0.2, 0) is 16.8 Å². The summed E-state index contributed by atoms with van der Waals surface area (Å²) in [4.78, 5) is 16.8.